The fourth-order valence-electron chi connectivity index (χ4n) is 1.98. The standard InChI is InChI=1S/C14H16ClN5/c1-3-4-11-13(17)14(20(2)19-11)18-12-7-9(8-16)5-6-10(12)15/h5-7,18H,3-4,17H2,1-2H3. The molecule has 0 aliphatic rings. The minimum Gasteiger partial charge on any atom is -0.394 e. The number of aromatic nitrogens is 2. The molecular formula is C14H16ClN5. The number of nitrogens with two attached hydrogens (primary N) is 1. The average Bonchev–Trinajstić information content (AvgIpc) is 2.69. The number of hydrogen-bond donors (Lipinski definition) is 2. The maximum absolute atomic E-state index is 8.94. The highest BCUT2D eigenvalue weighted by Crippen LogP contribution is 2.30. The Morgan fingerprint density at radius 2 is 2.25 bits per heavy atom. The van der Waals surface area contributed by atoms with Crippen LogP contribution < -0.4 is 11.1 Å². The fourth-order valence-corrected chi connectivity index (χ4v) is 2.15. The van der Waals surface area contributed by atoms with E-state index in [1.54, 1.807) is 22.9 Å². The Morgan fingerprint density at radius 3 is 2.90 bits per heavy atom. The second-order valence-corrected chi connectivity index (χ2v) is 4.92. The van der Waals surface area contributed by atoms with E-state index in [4.69, 9.17) is 22.6 Å². The SMILES string of the molecule is CCCc1nn(C)c(Nc2cc(C#N)ccc2Cl)c1N. The number of nitrogen functional groups attached to an aromatic ring is 1. The highest BCUT2D eigenvalue weighted by atomic mass is 35.5. The predicted molar refractivity (Wildman–Crippen MR) is 81.1 cm³/mol. The zero-order valence-corrected chi connectivity index (χ0v) is 12.2. The molecule has 104 valence electrons. The Kier molecular flexibility index (Phi) is 4.16. The Morgan fingerprint density at radius 1 is 1.50 bits per heavy atom. The van der Waals surface area contributed by atoms with E-state index in [9.17, 15) is 0 Å². The topological polar surface area (TPSA) is 79.7 Å². The zero-order chi connectivity index (χ0) is 14.7. The van der Waals surface area contributed by atoms with E-state index in [1.807, 2.05) is 7.05 Å². The van der Waals surface area contributed by atoms with Gasteiger partial charge in [0.15, 0.2) is 5.82 Å². The maximum Gasteiger partial charge on any atom is 0.152 e. The van der Waals surface area contributed by atoms with Crippen LogP contribution in [0.3, 0.4) is 0 Å². The third kappa shape index (κ3) is 2.70. The van der Waals surface area contributed by atoms with E-state index in [-0.39, 0.29) is 0 Å². The van der Waals surface area contributed by atoms with Gasteiger partial charge in [0, 0.05) is 7.05 Å². The normalized spacial score (nSPS) is 10.3. The van der Waals surface area contributed by atoms with E-state index in [0.29, 0.717) is 27.8 Å². The van der Waals surface area contributed by atoms with Crippen molar-refractivity contribution in [2.75, 3.05) is 11.1 Å². The van der Waals surface area contributed by atoms with Gasteiger partial charge in [-0.05, 0) is 24.6 Å². The molecule has 2 rings (SSSR count). The molecule has 0 amide bonds. The smallest absolute Gasteiger partial charge is 0.152 e. The predicted octanol–water partition coefficient (Wildman–Crippen LogP) is 3.22. The lowest BCUT2D eigenvalue weighted by molar-refractivity contribution is 0.740. The molecule has 0 spiro atoms. The van der Waals surface area contributed by atoms with E-state index in [0.717, 1.165) is 18.5 Å². The van der Waals surface area contributed by atoms with Crippen molar-refractivity contribution in [3.8, 4) is 6.07 Å². The summed E-state index contributed by atoms with van der Waals surface area (Å²) in [6, 6.07) is 7.12. The molecule has 6 heteroatoms. The number of benzene rings is 1. The Balaban J connectivity index is 2.38. The summed E-state index contributed by atoms with van der Waals surface area (Å²) in [5.74, 6) is 0.686. The second kappa shape index (κ2) is 5.85. The Bertz CT molecular complexity index is 669. The minimum atomic E-state index is 0.529. The van der Waals surface area contributed by atoms with Crippen LogP contribution in [-0.4, -0.2) is 9.78 Å². The fraction of sp³-hybridized carbons (Fsp3) is 0.286. The molecular weight excluding hydrogens is 274 g/mol. The van der Waals surface area contributed by atoms with Gasteiger partial charge in [-0.2, -0.15) is 10.4 Å². The summed E-state index contributed by atoms with van der Waals surface area (Å²) in [6.45, 7) is 2.08. The molecule has 0 bridgehead atoms. The molecule has 1 heterocycles. The maximum atomic E-state index is 8.94. The summed E-state index contributed by atoms with van der Waals surface area (Å²) in [6.07, 6.45) is 1.80. The van der Waals surface area contributed by atoms with Gasteiger partial charge >= 0.3 is 0 Å². The molecule has 0 saturated heterocycles. The average molecular weight is 290 g/mol. The number of rotatable bonds is 4. The molecule has 2 aromatic rings. The van der Waals surface area contributed by atoms with E-state index in [1.165, 1.54) is 0 Å². The summed E-state index contributed by atoms with van der Waals surface area (Å²) in [5.41, 5.74) is 8.76. The summed E-state index contributed by atoms with van der Waals surface area (Å²) in [7, 11) is 1.82. The first-order valence-electron chi connectivity index (χ1n) is 6.34. The molecule has 0 aliphatic carbocycles. The van der Waals surface area contributed by atoms with E-state index < -0.39 is 0 Å². The van der Waals surface area contributed by atoms with Crippen molar-refractivity contribution in [2.45, 2.75) is 19.8 Å². The number of nitrogens with one attached hydrogen (secondary N) is 1. The van der Waals surface area contributed by atoms with Gasteiger partial charge in [-0.15, -0.1) is 0 Å². The molecule has 0 radical (unpaired) electrons. The Labute approximate surface area is 123 Å². The van der Waals surface area contributed by atoms with Crippen molar-refractivity contribution >= 4 is 28.8 Å². The lowest BCUT2D eigenvalue weighted by Gasteiger charge is -2.09. The summed E-state index contributed by atoms with van der Waals surface area (Å²) < 4.78 is 1.69. The third-order valence-electron chi connectivity index (χ3n) is 3.00. The number of nitriles is 1. The number of aryl methyl sites for hydroxylation is 2. The molecule has 3 N–H and O–H groups in total. The van der Waals surface area contributed by atoms with Crippen LogP contribution in [0, 0.1) is 11.3 Å². The highest BCUT2D eigenvalue weighted by molar-refractivity contribution is 6.33. The molecule has 1 aromatic heterocycles. The van der Waals surface area contributed by atoms with Crippen LogP contribution >= 0.6 is 11.6 Å². The number of hydrogen-bond acceptors (Lipinski definition) is 4. The van der Waals surface area contributed by atoms with Gasteiger partial charge in [0.2, 0.25) is 0 Å². The summed E-state index contributed by atoms with van der Waals surface area (Å²) >= 11 is 6.13. The van der Waals surface area contributed by atoms with Crippen LogP contribution in [-0.2, 0) is 13.5 Å². The highest BCUT2D eigenvalue weighted by Gasteiger charge is 2.14. The van der Waals surface area contributed by atoms with Gasteiger partial charge in [0.05, 0.1) is 33.7 Å². The minimum absolute atomic E-state index is 0.529. The van der Waals surface area contributed by atoms with Crippen LogP contribution in [0.25, 0.3) is 0 Å². The largest absolute Gasteiger partial charge is 0.394 e. The lowest BCUT2D eigenvalue weighted by Crippen LogP contribution is -2.02. The Hall–Kier alpha value is -2.19. The van der Waals surface area contributed by atoms with Gasteiger partial charge in [-0.25, -0.2) is 0 Å². The number of halogens is 1. The zero-order valence-electron chi connectivity index (χ0n) is 11.4. The monoisotopic (exact) mass is 289 g/mol. The molecule has 0 saturated carbocycles. The van der Waals surface area contributed by atoms with Crippen LogP contribution in [0.1, 0.15) is 24.6 Å². The van der Waals surface area contributed by atoms with Gasteiger partial charge in [-0.3, -0.25) is 4.68 Å². The van der Waals surface area contributed by atoms with Crippen molar-refractivity contribution < 1.29 is 0 Å². The number of nitrogens with zero attached hydrogens (tertiary/aromatic N) is 3. The van der Waals surface area contributed by atoms with Crippen molar-refractivity contribution in [1.82, 2.24) is 9.78 Å². The molecule has 1 aromatic carbocycles. The third-order valence-corrected chi connectivity index (χ3v) is 3.33. The summed E-state index contributed by atoms with van der Waals surface area (Å²) in [5, 5.41) is 17.0. The van der Waals surface area contributed by atoms with Crippen LogP contribution in [0.15, 0.2) is 18.2 Å². The van der Waals surface area contributed by atoms with Gasteiger partial charge in [-0.1, -0.05) is 24.9 Å². The lowest BCUT2D eigenvalue weighted by atomic mass is 10.2. The van der Waals surface area contributed by atoms with Crippen LogP contribution in [0.5, 0.6) is 0 Å². The van der Waals surface area contributed by atoms with Gasteiger partial charge in [0.25, 0.3) is 0 Å². The van der Waals surface area contributed by atoms with Gasteiger partial charge < -0.3 is 11.1 Å². The summed E-state index contributed by atoms with van der Waals surface area (Å²) in [4.78, 5) is 0. The quantitative estimate of drug-likeness (QED) is 0.905. The molecule has 0 fully saturated rings. The van der Waals surface area contributed by atoms with E-state index in [2.05, 4.69) is 23.4 Å². The second-order valence-electron chi connectivity index (χ2n) is 4.51. The van der Waals surface area contributed by atoms with Crippen molar-refractivity contribution in [1.29, 1.82) is 5.26 Å². The van der Waals surface area contributed by atoms with E-state index >= 15 is 0 Å². The number of anilines is 3. The molecule has 20 heavy (non-hydrogen) atoms. The van der Waals surface area contributed by atoms with Gasteiger partial charge in [0.1, 0.15) is 0 Å². The van der Waals surface area contributed by atoms with Crippen molar-refractivity contribution in [3.63, 3.8) is 0 Å². The molecule has 0 aliphatic heterocycles. The molecule has 5 nitrogen and oxygen atoms in total. The van der Waals surface area contributed by atoms with Crippen LogP contribution in [0.4, 0.5) is 17.2 Å². The first-order chi connectivity index (χ1) is 9.56. The molecule has 0 atom stereocenters. The molecule has 0 unspecified atom stereocenters. The first-order valence-corrected chi connectivity index (χ1v) is 6.72. The van der Waals surface area contributed by atoms with Crippen molar-refractivity contribution in [2.24, 2.45) is 7.05 Å². The van der Waals surface area contributed by atoms with Crippen LogP contribution in [0.2, 0.25) is 5.02 Å². The van der Waals surface area contributed by atoms with Crippen molar-refractivity contribution in [3.05, 3.63) is 34.5 Å². The first kappa shape index (κ1) is 14.2.